The molecule has 0 N–H and O–H groups in total. The Morgan fingerprint density at radius 1 is 0.920 bits per heavy atom. The zero-order valence-electron chi connectivity index (χ0n) is 16.0. The molecule has 0 radical (unpaired) electrons. The molecule has 0 bridgehead atoms. The Bertz CT molecular complexity index is 387. The maximum Gasteiger partial charge on any atom is 0.762 e. The zero-order valence-corrected chi connectivity index (χ0v) is 16.8. The lowest BCUT2D eigenvalue weighted by Gasteiger charge is -1.97. The van der Waals surface area contributed by atoms with E-state index in [1.165, 1.54) is 0 Å². The third-order valence-corrected chi connectivity index (χ3v) is 2.73. The minimum Gasteiger partial charge on any atom is -1.00 e. The monoisotopic (exact) mass is 398 g/mol. The van der Waals surface area contributed by atoms with Crippen LogP contribution in [0.1, 0.15) is 41.5 Å². The van der Waals surface area contributed by atoms with E-state index in [1.807, 2.05) is 0 Å². The van der Waals surface area contributed by atoms with Gasteiger partial charge < -0.3 is 14.3 Å². The molecule has 0 aromatic heterocycles. The van der Waals surface area contributed by atoms with Crippen molar-refractivity contribution in [1.29, 1.82) is 0 Å². The summed E-state index contributed by atoms with van der Waals surface area (Å²) in [6.07, 6.45) is 4.90. The second-order valence-electron chi connectivity index (χ2n) is 3.98. The van der Waals surface area contributed by atoms with E-state index in [0.717, 1.165) is 26.2 Å². The molecule has 0 saturated heterocycles. The summed E-state index contributed by atoms with van der Waals surface area (Å²) in [4.78, 5) is 0. The molecule has 0 aromatic rings. The summed E-state index contributed by atoms with van der Waals surface area (Å²) in [5, 5.41) is 8.86. The molecule has 0 aliphatic heterocycles. The summed E-state index contributed by atoms with van der Waals surface area (Å²) in [5.41, 5.74) is 0. The van der Waals surface area contributed by atoms with E-state index in [9.17, 15) is 21.4 Å². The molecule has 0 aromatic carbocycles. The van der Waals surface area contributed by atoms with Crippen molar-refractivity contribution >= 4 is 30.1 Å². The van der Waals surface area contributed by atoms with Crippen molar-refractivity contribution in [3.8, 4) is 0 Å². The Morgan fingerprint density at radius 2 is 1.08 bits per heavy atom. The fourth-order valence-electron chi connectivity index (χ4n) is 1.18. The summed E-state index contributed by atoms with van der Waals surface area (Å²) < 4.78 is 55.1. The van der Waals surface area contributed by atoms with E-state index in [-0.39, 0.29) is 4.70 Å². The van der Waals surface area contributed by atoms with E-state index in [2.05, 4.69) is 67.5 Å². The second kappa shape index (κ2) is 25.2. The first kappa shape index (κ1) is 35.2. The molecule has 6 nitrogen and oxygen atoms in total. The van der Waals surface area contributed by atoms with Crippen LogP contribution in [0.4, 0.5) is 12.9 Å². The predicted molar refractivity (Wildman–Crippen MR) is 91.2 cm³/mol. The van der Waals surface area contributed by atoms with Gasteiger partial charge in [-0.15, -0.1) is 0 Å². The minimum atomic E-state index is -3.72. The van der Waals surface area contributed by atoms with Gasteiger partial charge in [-0.3, -0.25) is 12.9 Å². The van der Waals surface area contributed by atoms with Gasteiger partial charge in [0.05, 0.1) is 6.26 Å². The minimum absolute atomic E-state index is 0. The van der Waals surface area contributed by atoms with Crippen LogP contribution in [0, 0.1) is 0 Å². The van der Waals surface area contributed by atoms with Gasteiger partial charge in [0, 0.05) is 13.8 Å². The molecule has 0 amide bonds. The highest BCUT2D eigenvalue weighted by Crippen LogP contribution is 1.80. The third kappa shape index (κ3) is 51.8. The molecule has 0 aliphatic carbocycles. The highest BCUT2D eigenvalue weighted by Gasteiger charge is 2.06. The van der Waals surface area contributed by atoms with Gasteiger partial charge in [0.1, 0.15) is 38.6 Å². The molecule has 0 saturated carbocycles. The maximum absolute atomic E-state index is 9.67. The zero-order chi connectivity index (χ0) is 20.2. The van der Waals surface area contributed by atoms with Crippen molar-refractivity contribution in [1.82, 2.24) is 0 Å². The van der Waals surface area contributed by atoms with Crippen LogP contribution in [0.3, 0.4) is 0 Å². The average molecular weight is 398 g/mol. The molecule has 0 unspecified atom stereocenters. The van der Waals surface area contributed by atoms with Crippen LogP contribution in [0.25, 0.3) is 0 Å². The maximum atomic E-state index is 9.67. The summed E-state index contributed by atoms with van der Waals surface area (Å²) in [6, 6.07) is 0. The molecule has 0 fully saturated rings. The first-order chi connectivity index (χ1) is 11.0. The van der Waals surface area contributed by atoms with Gasteiger partial charge in [0.2, 0.25) is 0 Å². The van der Waals surface area contributed by atoms with Crippen LogP contribution in [0.2, 0.25) is 0 Å². The Kier molecular flexibility index (Phi) is 35.5. The van der Waals surface area contributed by atoms with Crippen LogP contribution < -0.4 is 9.96 Å². The van der Waals surface area contributed by atoms with Gasteiger partial charge >= 0.3 is 7.54 Å². The fourth-order valence-corrected chi connectivity index (χ4v) is 1.18. The first-order valence-corrected chi connectivity index (χ1v) is 9.31. The molecule has 0 aliphatic rings. The molecule has 0 spiro atoms. The highest BCUT2D eigenvalue weighted by atomic mass is 32.2. The van der Waals surface area contributed by atoms with E-state index >= 15 is 0 Å². The quantitative estimate of drug-likeness (QED) is 0.139. The summed E-state index contributed by atoms with van der Waals surface area (Å²) >= 11 is 0. The van der Waals surface area contributed by atoms with Gasteiger partial charge in [-0.1, -0.05) is 0 Å². The van der Waals surface area contributed by atoms with E-state index in [1.54, 1.807) is 0 Å². The highest BCUT2D eigenvalue weighted by molar-refractivity contribution is 7.85. The molecule has 25 heavy (non-hydrogen) atoms. The van der Waals surface area contributed by atoms with E-state index in [4.69, 9.17) is 5.26 Å². The van der Waals surface area contributed by atoms with E-state index < -0.39 is 17.7 Å². The summed E-state index contributed by atoms with van der Waals surface area (Å²) in [6.45, 7) is 17.3. The largest absolute Gasteiger partial charge is 1.00 e. The van der Waals surface area contributed by atoms with Crippen molar-refractivity contribution in [2.45, 2.75) is 41.5 Å². The summed E-state index contributed by atoms with van der Waals surface area (Å²) in [5.74, 6) is 0. The Morgan fingerprint density at radius 3 is 1.08 bits per heavy atom. The molecular formula is C13H31BF4N2O4S. The lowest BCUT2D eigenvalue weighted by atomic mass is 10.5. The van der Waals surface area contributed by atoms with Crippen molar-refractivity contribution in [3.05, 3.63) is 0 Å². The van der Waals surface area contributed by atoms with Gasteiger partial charge in [-0.2, -0.15) is 0 Å². The Balaban J connectivity index is -0.0000000715. The normalized spacial score (nSPS) is 8.60. The van der Waals surface area contributed by atoms with Crippen LogP contribution >= 0.6 is 0 Å². The lowest BCUT2D eigenvalue weighted by Crippen LogP contribution is -3.00. The van der Waals surface area contributed by atoms with Crippen molar-refractivity contribution in [2.24, 2.45) is 0 Å². The molecule has 154 valence electrons. The molecule has 12 heteroatoms. The number of hydrogen-bond acceptors (Lipinski definition) is 4. The topological polar surface area (TPSA) is 72.5 Å². The van der Waals surface area contributed by atoms with Gasteiger partial charge in [-0.05, 0) is 27.7 Å². The van der Waals surface area contributed by atoms with Crippen LogP contribution in [0.15, 0.2) is 0 Å². The molecule has 0 heterocycles. The van der Waals surface area contributed by atoms with Crippen molar-refractivity contribution < 1.29 is 44.8 Å². The van der Waals surface area contributed by atoms with Gasteiger partial charge in [0.25, 0.3) is 10.1 Å². The smallest absolute Gasteiger partial charge is 0.762 e. The number of rotatable bonds is 5. The van der Waals surface area contributed by atoms with Crippen molar-refractivity contribution in [3.63, 3.8) is 0 Å². The summed E-state index contributed by atoms with van der Waals surface area (Å²) in [7, 11) is -7.38. The molecule has 0 atom stereocenters. The number of halogens is 4. The molecular weight excluding hydrogens is 367 g/mol. The van der Waals surface area contributed by atoms with Gasteiger partial charge in [0.15, 0.2) is 0 Å². The van der Waals surface area contributed by atoms with Crippen LogP contribution in [-0.2, 0) is 14.5 Å². The van der Waals surface area contributed by atoms with Crippen LogP contribution in [-0.4, -0.2) is 70.0 Å². The standard InChI is InChI=1S/2C6H14N.CH4O4S.BF3.FH/c2*1-4-7(5-2)6-3;1-6(3,4)5-2;2-1(3)4;/h2*4H,5-6H2,1-3H3;2H,1H3;;1H/q2*+1;;;/p-2. The van der Waals surface area contributed by atoms with Gasteiger partial charge in [-0.25, -0.2) is 17.6 Å². The second-order valence-corrected chi connectivity index (χ2v) is 5.52. The Labute approximate surface area is 149 Å². The lowest BCUT2D eigenvalue weighted by molar-refractivity contribution is -0.634. The average Bonchev–Trinajstić information content (AvgIpc) is 2.51. The number of nitrogens with zero attached hydrogens (tertiary/aromatic N) is 2. The first-order valence-electron chi connectivity index (χ1n) is 7.49. The molecule has 0 rings (SSSR count). The van der Waals surface area contributed by atoms with Crippen molar-refractivity contribution in [2.75, 3.05) is 32.4 Å². The third-order valence-electron chi connectivity index (χ3n) is 2.48. The van der Waals surface area contributed by atoms with Crippen LogP contribution in [0.5, 0.6) is 0 Å². The van der Waals surface area contributed by atoms with E-state index in [0.29, 0.717) is 6.26 Å². The fraction of sp³-hybridized carbons (Fsp3) is 0.846. The Hall–Kier alpha value is -1.01. The predicted octanol–water partition coefficient (Wildman–Crippen LogP) is -1.62. The number of hydrogen-bond donors (Lipinski definition) is 0. The SMILES string of the molecule is CC=[N+](CC)CC.CC=[N+](CC)CC.CS(=O)(=O)O[O-].FB(F)F.[F-].